The largest absolute Gasteiger partial charge is 0.454 e. The zero-order chi connectivity index (χ0) is 15.2. The van der Waals surface area contributed by atoms with Gasteiger partial charge in [-0.1, -0.05) is 28.9 Å². The van der Waals surface area contributed by atoms with Gasteiger partial charge in [-0.2, -0.15) is 0 Å². The lowest BCUT2D eigenvalue weighted by atomic mass is 10.2. The highest BCUT2D eigenvalue weighted by atomic mass is 79.9. The molecule has 0 aliphatic carbocycles. The Morgan fingerprint density at radius 3 is 2.62 bits per heavy atom. The molecule has 21 heavy (non-hydrogen) atoms. The van der Waals surface area contributed by atoms with Crippen LogP contribution in [0.2, 0.25) is 0 Å². The van der Waals surface area contributed by atoms with E-state index in [1.54, 1.807) is 18.2 Å². The van der Waals surface area contributed by atoms with Gasteiger partial charge in [-0.15, -0.1) is 0 Å². The summed E-state index contributed by atoms with van der Waals surface area (Å²) in [5, 5.41) is 3.20. The summed E-state index contributed by atoms with van der Waals surface area (Å²) in [7, 11) is 0. The van der Waals surface area contributed by atoms with Crippen molar-refractivity contribution >= 4 is 15.9 Å². The van der Waals surface area contributed by atoms with Gasteiger partial charge >= 0.3 is 0 Å². The summed E-state index contributed by atoms with van der Waals surface area (Å²) in [6.45, 7) is 3.56. The highest BCUT2D eigenvalue weighted by Crippen LogP contribution is 2.28. The summed E-state index contributed by atoms with van der Waals surface area (Å²) in [4.78, 5) is 0. The van der Waals surface area contributed by atoms with E-state index in [-0.39, 0.29) is 11.5 Å². The van der Waals surface area contributed by atoms with E-state index < -0.39 is 11.6 Å². The Hall–Kier alpha value is -1.46. The molecule has 0 aromatic heterocycles. The molecule has 2 nitrogen and oxygen atoms in total. The molecule has 2 aromatic rings. The van der Waals surface area contributed by atoms with E-state index in [0.29, 0.717) is 11.0 Å². The van der Waals surface area contributed by atoms with E-state index in [1.807, 2.05) is 0 Å². The van der Waals surface area contributed by atoms with Crippen molar-refractivity contribution < 1.29 is 13.5 Å². The highest BCUT2D eigenvalue weighted by molar-refractivity contribution is 9.10. The molecule has 0 aliphatic rings. The Kier molecular flexibility index (Phi) is 5.70. The van der Waals surface area contributed by atoms with Crippen molar-refractivity contribution in [3.05, 3.63) is 58.1 Å². The zero-order valence-corrected chi connectivity index (χ0v) is 13.2. The maximum Gasteiger partial charge on any atom is 0.166 e. The van der Waals surface area contributed by atoms with E-state index in [9.17, 15) is 8.78 Å². The Morgan fingerprint density at radius 2 is 1.95 bits per heavy atom. The molecular formula is C16H16BrF2NO. The molecule has 0 saturated carbocycles. The third kappa shape index (κ3) is 4.79. The lowest BCUT2D eigenvalue weighted by Gasteiger charge is -2.09. The van der Waals surface area contributed by atoms with Crippen LogP contribution in [0.5, 0.6) is 11.5 Å². The SMILES string of the molecule is CCCNCc1ccc(Oc2cc(F)cc(Br)c2)c(F)c1. The van der Waals surface area contributed by atoms with Gasteiger partial charge in [0.15, 0.2) is 11.6 Å². The van der Waals surface area contributed by atoms with E-state index >= 15 is 0 Å². The fourth-order valence-corrected chi connectivity index (χ4v) is 2.31. The number of benzene rings is 2. The maximum absolute atomic E-state index is 14.0. The molecule has 0 saturated heterocycles. The van der Waals surface area contributed by atoms with Crippen LogP contribution in [-0.2, 0) is 6.54 Å². The fourth-order valence-electron chi connectivity index (χ4n) is 1.86. The molecule has 2 aromatic carbocycles. The number of hydrogen-bond acceptors (Lipinski definition) is 2. The molecule has 0 radical (unpaired) electrons. The minimum atomic E-state index is -0.466. The second-order valence-corrected chi connectivity index (χ2v) is 5.56. The summed E-state index contributed by atoms with van der Waals surface area (Å²) >= 11 is 3.17. The molecule has 5 heteroatoms. The molecule has 0 amide bonds. The smallest absolute Gasteiger partial charge is 0.166 e. The van der Waals surface area contributed by atoms with Gasteiger partial charge in [-0.05, 0) is 42.8 Å². The van der Waals surface area contributed by atoms with Gasteiger partial charge in [-0.3, -0.25) is 0 Å². The van der Waals surface area contributed by atoms with Gasteiger partial charge in [0.1, 0.15) is 11.6 Å². The molecule has 0 heterocycles. The second-order valence-electron chi connectivity index (χ2n) is 4.65. The van der Waals surface area contributed by atoms with Crippen molar-refractivity contribution in [2.75, 3.05) is 6.54 Å². The van der Waals surface area contributed by atoms with Crippen molar-refractivity contribution in [2.45, 2.75) is 19.9 Å². The molecule has 0 unspecified atom stereocenters. The number of nitrogens with one attached hydrogen (secondary N) is 1. The standard InChI is InChI=1S/C16H16BrF2NO/c1-2-5-20-10-11-3-4-16(15(19)6-11)21-14-8-12(17)7-13(18)9-14/h3-4,6-9,20H,2,5,10H2,1H3. The maximum atomic E-state index is 14.0. The van der Waals surface area contributed by atoms with Crippen molar-refractivity contribution in [3.63, 3.8) is 0 Å². The molecule has 0 atom stereocenters. The molecule has 1 N–H and O–H groups in total. The molecule has 0 spiro atoms. The lowest BCUT2D eigenvalue weighted by Crippen LogP contribution is -2.13. The molecule has 112 valence electrons. The number of ether oxygens (including phenoxy) is 1. The van der Waals surface area contributed by atoms with Crippen LogP contribution in [0.25, 0.3) is 0 Å². The second kappa shape index (κ2) is 7.52. The van der Waals surface area contributed by atoms with Gasteiger partial charge in [0.05, 0.1) is 0 Å². The van der Waals surface area contributed by atoms with Crippen LogP contribution >= 0.6 is 15.9 Å². The Bertz CT molecular complexity index is 599. The van der Waals surface area contributed by atoms with Gasteiger partial charge in [0, 0.05) is 17.1 Å². The summed E-state index contributed by atoms with van der Waals surface area (Å²) in [5.74, 6) is -0.587. The third-order valence-electron chi connectivity index (χ3n) is 2.82. The van der Waals surface area contributed by atoms with Gasteiger partial charge in [0.2, 0.25) is 0 Å². The van der Waals surface area contributed by atoms with Crippen molar-refractivity contribution in [1.82, 2.24) is 5.32 Å². The Balaban J connectivity index is 2.10. The summed E-state index contributed by atoms with van der Waals surface area (Å²) in [5.41, 5.74) is 0.841. The van der Waals surface area contributed by atoms with Gasteiger partial charge < -0.3 is 10.1 Å². The van der Waals surface area contributed by atoms with Crippen molar-refractivity contribution in [3.8, 4) is 11.5 Å². The molecule has 0 aliphatic heterocycles. The topological polar surface area (TPSA) is 21.3 Å². The van der Waals surface area contributed by atoms with Crippen LogP contribution in [0.15, 0.2) is 40.9 Å². The zero-order valence-electron chi connectivity index (χ0n) is 11.6. The van der Waals surface area contributed by atoms with E-state index in [2.05, 4.69) is 28.2 Å². The van der Waals surface area contributed by atoms with E-state index in [0.717, 1.165) is 18.5 Å². The number of rotatable bonds is 6. The van der Waals surface area contributed by atoms with Crippen molar-refractivity contribution in [2.24, 2.45) is 0 Å². The summed E-state index contributed by atoms with van der Waals surface area (Å²) < 4.78 is 33.2. The summed E-state index contributed by atoms with van der Waals surface area (Å²) in [6, 6.07) is 8.87. The van der Waals surface area contributed by atoms with Crippen molar-refractivity contribution in [1.29, 1.82) is 0 Å². The third-order valence-corrected chi connectivity index (χ3v) is 3.27. The van der Waals surface area contributed by atoms with Crippen LogP contribution in [0, 0.1) is 11.6 Å². The normalized spacial score (nSPS) is 10.7. The molecular weight excluding hydrogens is 340 g/mol. The predicted octanol–water partition coefficient (Wildman–Crippen LogP) is 5.02. The molecule has 2 rings (SSSR count). The van der Waals surface area contributed by atoms with E-state index in [1.165, 1.54) is 18.2 Å². The minimum Gasteiger partial charge on any atom is -0.454 e. The predicted molar refractivity (Wildman–Crippen MR) is 82.6 cm³/mol. The number of hydrogen-bond donors (Lipinski definition) is 1. The minimum absolute atomic E-state index is 0.0757. The number of halogens is 3. The van der Waals surface area contributed by atoms with Crippen LogP contribution < -0.4 is 10.1 Å². The van der Waals surface area contributed by atoms with Crippen LogP contribution in [0.1, 0.15) is 18.9 Å². The van der Waals surface area contributed by atoms with Crippen LogP contribution in [-0.4, -0.2) is 6.54 Å². The Labute approximate surface area is 131 Å². The first-order valence-electron chi connectivity index (χ1n) is 6.71. The first-order valence-corrected chi connectivity index (χ1v) is 7.51. The van der Waals surface area contributed by atoms with Gasteiger partial charge in [0.25, 0.3) is 0 Å². The quantitative estimate of drug-likeness (QED) is 0.734. The fraction of sp³-hybridized carbons (Fsp3) is 0.250. The lowest BCUT2D eigenvalue weighted by molar-refractivity contribution is 0.437. The van der Waals surface area contributed by atoms with Gasteiger partial charge in [-0.25, -0.2) is 8.78 Å². The van der Waals surface area contributed by atoms with E-state index in [4.69, 9.17) is 4.74 Å². The summed E-state index contributed by atoms with van der Waals surface area (Å²) in [6.07, 6.45) is 1.03. The van der Waals surface area contributed by atoms with Crippen LogP contribution in [0.3, 0.4) is 0 Å². The average Bonchev–Trinajstić information content (AvgIpc) is 2.41. The monoisotopic (exact) mass is 355 g/mol. The highest BCUT2D eigenvalue weighted by Gasteiger charge is 2.08. The van der Waals surface area contributed by atoms with Crippen LogP contribution in [0.4, 0.5) is 8.78 Å². The Morgan fingerprint density at radius 1 is 1.14 bits per heavy atom. The first-order chi connectivity index (χ1) is 10.1. The average molecular weight is 356 g/mol. The molecule has 0 fully saturated rings. The molecule has 0 bridgehead atoms. The first kappa shape index (κ1) is 15.9.